The predicted molar refractivity (Wildman–Crippen MR) is 83.4 cm³/mol. The van der Waals surface area contributed by atoms with E-state index in [9.17, 15) is 4.79 Å². The number of nitrogens with one attached hydrogen (secondary N) is 1. The Balaban J connectivity index is 1.79. The molecule has 1 aliphatic carbocycles. The van der Waals surface area contributed by atoms with Gasteiger partial charge in [-0.3, -0.25) is 9.48 Å². The summed E-state index contributed by atoms with van der Waals surface area (Å²) in [5, 5.41) is 7.25. The van der Waals surface area contributed by atoms with Gasteiger partial charge in [-0.15, -0.1) is 0 Å². The number of hydrogen-bond acceptors (Lipinski definition) is 3. The lowest BCUT2D eigenvalue weighted by Gasteiger charge is -2.20. The lowest BCUT2D eigenvalue weighted by Crippen LogP contribution is -2.32. The van der Waals surface area contributed by atoms with Crippen LogP contribution in [0.4, 0.5) is 0 Å². The highest BCUT2D eigenvalue weighted by atomic mass is 16.2. The van der Waals surface area contributed by atoms with Crippen LogP contribution in [0.15, 0.2) is 24.7 Å². The van der Waals surface area contributed by atoms with Gasteiger partial charge in [0.1, 0.15) is 17.8 Å². The SMILES string of the molecule is CC(C)CC(NC(=O)c1cccn1C1CC1)c1ncnn1C. The molecular weight excluding hydrogens is 278 g/mol. The van der Waals surface area contributed by atoms with E-state index in [0.717, 1.165) is 30.8 Å². The lowest BCUT2D eigenvalue weighted by atomic mass is 10.0. The average Bonchev–Trinajstić information content (AvgIpc) is 3.02. The van der Waals surface area contributed by atoms with Crippen LogP contribution in [-0.4, -0.2) is 25.2 Å². The van der Waals surface area contributed by atoms with Crippen molar-refractivity contribution < 1.29 is 4.79 Å². The van der Waals surface area contributed by atoms with Crippen molar-refractivity contribution >= 4 is 5.91 Å². The third-order valence-corrected chi connectivity index (χ3v) is 4.02. The van der Waals surface area contributed by atoms with E-state index in [1.165, 1.54) is 6.33 Å². The van der Waals surface area contributed by atoms with E-state index in [1.54, 1.807) is 4.68 Å². The predicted octanol–water partition coefficient (Wildman–Crippen LogP) is 2.47. The number of carbonyl (C=O) groups is 1. The van der Waals surface area contributed by atoms with Crippen molar-refractivity contribution in [2.45, 2.75) is 45.2 Å². The van der Waals surface area contributed by atoms with Gasteiger partial charge in [-0.25, -0.2) is 4.98 Å². The summed E-state index contributed by atoms with van der Waals surface area (Å²) in [5.41, 5.74) is 0.735. The molecule has 1 aliphatic rings. The highest BCUT2D eigenvalue weighted by Gasteiger charge is 2.28. The topological polar surface area (TPSA) is 64.7 Å². The molecule has 2 aromatic heterocycles. The van der Waals surface area contributed by atoms with Crippen molar-refractivity contribution in [3.63, 3.8) is 0 Å². The molecule has 0 radical (unpaired) electrons. The second kappa shape index (κ2) is 5.94. The van der Waals surface area contributed by atoms with Gasteiger partial charge >= 0.3 is 0 Å². The first-order chi connectivity index (χ1) is 10.6. The Morgan fingerprint density at radius 1 is 1.45 bits per heavy atom. The number of carbonyl (C=O) groups excluding carboxylic acids is 1. The molecule has 6 heteroatoms. The number of aryl methyl sites for hydroxylation is 1. The fourth-order valence-electron chi connectivity index (χ4n) is 2.81. The molecule has 3 rings (SSSR count). The largest absolute Gasteiger partial charge is 0.341 e. The van der Waals surface area contributed by atoms with E-state index in [1.807, 2.05) is 25.4 Å². The van der Waals surface area contributed by atoms with E-state index in [2.05, 4.69) is 33.8 Å². The van der Waals surface area contributed by atoms with Crippen LogP contribution < -0.4 is 5.32 Å². The summed E-state index contributed by atoms with van der Waals surface area (Å²) in [6, 6.07) is 4.20. The maximum Gasteiger partial charge on any atom is 0.268 e. The Labute approximate surface area is 130 Å². The molecule has 1 N–H and O–H groups in total. The zero-order valence-electron chi connectivity index (χ0n) is 13.4. The van der Waals surface area contributed by atoms with E-state index in [0.29, 0.717) is 12.0 Å². The van der Waals surface area contributed by atoms with Crippen LogP contribution in [0.1, 0.15) is 61.5 Å². The molecule has 1 fully saturated rings. The zero-order valence-corrected chi connectivity index (χ0v) is 13.4. The molecule has 2 aromatic rings. The van der Waals surface area contributed by atoms with Gasteiger partial charge in [-0.2, -0.15) is 5.10 Å². The minimum atomic E-state index is -0.123. The molecular formula is C16H23N5O. The van der Waals surface area contributed by atoms with Crippen LogP contribution in [0.25, 0.3) is 0 Å². The van der Waals surface area contributed by atoms with Gasteiger partial charge in [0, 0.05) is 19.3 Å². The summed E-state index contributed by atoms with van der Waals surface area (Å²) in [5.74, 6) is 1.22. The van der Waals surface area contributed by atoms with Crippen LogP contribution in [0.2, 0.25) is 0 Å². The fourth-order valence-corrected chi connectivity index (χ4v) is 2.81. The summed E-state index contributed by atoms with van der Waals surface area (Å²) in [6.45, 7) is 4.28. The Morgan fingerprint density at radius 3 is 2.82 bits per heavy atom. The van der Waals surface area contributed by atoms with Gasteiger partial charge in [0.15, 0.2) is 0 Å². The Kier molecular flexibility index (Phi) is 4.00. The first-order valence-electron chi connectivity index (χ1n) is 7.88. The van der Waals surface area contributed by atoms with Crippen molar-refractivity contribution in [1.82, 2.24) is 24.6 Å². The molecule has 0 bridgehead atoms. The first kappa shape index (κ1) is 14.8. The molecule has 22 heavy (non-hydrogen) atoms. The Bertz CT molecular complexity index is 653. The lowest BCUT2D eigenvalue weighted by molar-refractivity contribution is 0.0919. The maximum absolute atomic E-state index is 12.7. The molecule has 0 aliphatic heterocycles. The van der Waals surface area contributed by atoms with Crippen molar-refractivity contribution in [2.75, 3.05) is 0 Å². The monoisotopic (exact) mass is 301 g/mol. The van der Waals surface area contributed by atoms with Crippen molar-refractivity contribution in [3.8, 4) is 0 Å². The molecule has 0 saturated heterocycles. The van der Waals surface area contributed by atoms with Crippen LogP contribution in [-0.2, 0) is 7.05 Å². The van der Waals surface area contributed by atoms with E-state index in [4.69, 9.17) is 0 Å². The quantitative estimate of drug-likeness (QED) is 0.891. The highest BCUT2D eigenvalue weighted by Crippen LogP contribution is 2.36. The van der Waals surface area contributed by atoms with Gasteiger partial charge in [-0.1, -0.05) is 13.8 Å². The van der Waals surface area contributed by atoms with Gasteiger partial charge in [0.25, 0.3) is 5.91 Å². The van der Waals surface area contributed by atoms with Crippen LogP contribution in [0.5, 0.6) is 0 Å². The molecule has 1 atom stereocenters. The molecule has 118 valence electrons. The first-order valence-corrected chi connectivity index (χ1v) is 7.88. The zero-order chi connectivity index (χ0) is 15.7. The number of aromatic nitrogens is 4. The summed E-state index contributed by atoms with van der Waals surface area (Å²) in [6.07, 6.45) is 6.68. The molecule has 2 heterocycles. The van der Waals surface area contributed by atoms with Gasteiger partial charge in [-0.05, 0) is 37.3 Å². The number of rotatable bonds is 6. The van der Waals surface area contributed by atoms with Gasteiger partial charge < -0.3 is 9.88 Å². The van der Waals surface area contributed by atoms with Gasteiger partial charge in [0.05, 0.1) is 6.04 Å². The second-order valence-corrected chi connectivity index (χ2v) is 6.43. The van der Waals surface area contributed by atoms with E-state index in [-0.39, 0.29) is 11.9 Å². The number of amides is 1. The third-order valence-electron chi connectivity index (χ3n) is 4.02. The van der Waals surface area contributed by atoms with Crippen molar-refractivity contribution in [3.05, 3.63) is 36.2 Å². The molecule has 1 saturated carbocycles. The second-order valence-electron chi connectivity index (χ2n) is 6.43. The molecule has 0 spiro atoms. The summed E-state index contributed by atoms with van der Waals surface area (Å²) in [7, 11) is 1.86. The summed E-state index contributed by atoms with van der Waals surface area (Å²) < 4.78 is 3.81. The van der Waals surface area contributed by atoms with Crippen molar-refractivity contribution in [2.24, 2.45) is 13.0 Å². The standard InChI is InChI=1S/C16H23N5O/c1-11(2)9-13(15-17-10-18-20(15)3)19-16(22)14-5-4-8-21(14)12-6-7-12/h4-5,8,10-13H,6-7,9H2,1-3H3,(H,19,22). The van der Waals surface area contributed by atoms with Crippen LogP contribution in [0, 0.1) is 5.92 Å². The molecule has 1 amide bonds. The average molecular weight is 301 g/mol. The Morgan fingerprint density at radius 2 is 2.23 bits per heavy atom. The summed E-state index contributed by atoms with van der Waals surface area (Å²) >= 11 is 0. The third kappa shape index (κ3) is 3.05. The summed E-state index contributed by atoms with van der Waals surface area (Å²) in [4.78, 5) is 17.0. The van der Waals surface area contributed by atoms with E-state index < -0.39 is 0 Å². The minimum absolute atomic E-state index is 0.0365. The smallest absolute Gasteiger partial charge is 0.268 e. The van der Waals surface area contributed by atoms with Crippen LogP contribution in [0.3, 0.4) is 0 Å². The molecule has 6 nitrogen and oxygen atoms in total. The number of hydrogen-bond donors (Lipinski definition) is 1. The van der Waals surface area contributed by atoms with Gasteiger partial charge in [0.2, 0.25) is 0 Å². The molecule has 1 unspecified atom stereocenters. The fraction of sp³-hybridized carbons (Fsp3) is 0.562. The number of nitrogens with zero attached hydrogens (tertiary/aromatic N) is 4. The maximum atomic E-state index is 12.7. The normalized spacial score (nSPS) is 16.0. The Hall–Kier alpha value is -2.11. The van der Waals surface area contributed by atoms with E-state index >= 15 is 0 Å². The van der Waals surface area contributed by atoms with Crippen LogP contribution >= 0.6 is 0 Å². The van der Waals surface area contributed by atoms with Crippen molar-refractivity contribution in [1.29, 1.82) is 0 Å². The molecule has 0 aromatic carbocycles. The highest BCUT2D eigenvalue weighted by molar-refractivity contribution is 5.93. The minimum Gasteiger partial charge on any atom is -0.341 e.